The first-order chi connectivity index (χ1) is 6.75. The van der Waals surface area contributed by atoms with Crippen molar-refractivity contribution in [3.63, 3.8) is 0 Å². The van der Waals surface area contributed by atoms with Gasteiger partial charge in [-0.05, 0) is 20.3 Å². The van der Waals surface area contributed by atoms with E-state index in [0.29, 0.717) is 6.42 Å². The zero-order chi connectivity index (χ0) is 12.2. The first kappa shape index (κ1) is 14.3. The number of rotatable bonds is 5. The van der Waals surface area contributed by atoms with E-state index < -0.39 is 11.5 Å². The van der Waals surface area contributed by atoms with Crippen LogP contribution in [0.3, 0.4) is 0 Å². The van der Waals surface area contributed by atoms with Gasteiger partial charge in [0.15, 0.2) is 0 Å². The Morgan fingerprint density at radius 2 is 2.13 bits per heavy atom. The molecule has 1 amide bonds. The normalized spacial score (nSPS) is 16.6. The van der Waals surface area contributed by atoms with Gasteiger partial charge in [0.2, 0.25) is 5.91 Å². The van der Waals surface area contributed by atoms with Crippen LogP contribution in [0.4, 0.5) is 0 Å². The van der Waals surface area contributed by atoms with Gasteiger partial charge in [0, 0.05) is 13.6 Å². The summed E-state index contributed by atoms with van der Waals surface area (Å²) in [5.74, 6) is -0.140. The van der Waals surface area contributed by atoms with E-state index in [0.717, 1.165) is 0 Å². The number of thiocarbonyl (C=S) groups is 1. The van der Waals surface area contributed by atoms with Crippen LogP contribution < -0.4 is 5.73 Å². The maximum atomic E-state index is 12.0. The number of carbonyl (C=O) groups excluding carboxylic acids is 1. The molecular weight excluding hydrogens is 212 g/mol. The summed E-state index contributed by atoms with van der Waals surface area (Å²) in [5.41, 5.74) is 4.77. The van der Waals surface area contributed by atoms with Gasteiger partial charge in [0.05, 0.1) is 16.5 Å². The highest BCUT2D eigenvalue weighted by molar-refractivity contribution is 7.80. The Bertz CT molecular complexity index is 256. The molecule has 0 saturated carbocycles. The highest BCUT2D eigenvalue weighted by Crippen LogP contribution is 2.24. The van der Waals surface area contributed by atoms with Crippen LogP contribution in [0, 0.1) is 5.41 Å². The van der Waals surface area contributed by atoms with Crippen molar-refractivity contribution in [3.05, 3.63) is 0 Å². The van der Waals surface area contributed by atoms with Gasteiger partial charge in [-0.15, -0.1) is 0 Å². The lowest BCUT2D eigenvalue weighted by molar-refractivity contribution is -0.137. The zero-order valence-corrected chi connectivity index (χ0v) is 10.6. The summed E-state index contributed by atoms with van der Waals surface area (Å²) in [6.45, 7) is 5.52. The molecule has 0 radical (unpaired) electrons. The Morgan fingerprint density at radius 3 is 2.40 bits per heavy atom. The van der Waals surface area contributed by atoms with E-state index in [1.165, 1.54) is 4.90 Å². The molecule has 0 aromatic carbocycles. The SMILES string of the molecule is CCC(C)(C(=O)N(C)CC(C)O)C(N)=S. The van der Waals surface area contributed by atoms with E-state index in [1.54, 1.807) is 20.9 Å². The molecule has 0 spiro atoms. The maximum absolute atomic E-state index is 12.0. The molecule has 0 aliphatic carbocycles. The standard InChI is InChI=1S/C10H20N2O2S/c1-5-10(3,8(11)15)9(14)12(4)6-7(2)13/h7,13H,5-6H2,1-4H3,(H2,11,15). The number of likely N-dealkylation sites (N-methyl/N-ethyl adjacent to an activating group) is 1. The Labute approximate surface area is 96.4 Å². The van der Waals surface area contributed by atoms with Crippen LogP contribution in [0.25, 0.3) is 0 Å². The van der Waals surface area contributed by atoms with Crippen LogP contribution in [0.1, 0.15) is 27.2 Å². The first-order valence-electron chi connectivity index (χ1n) is 4.99. The summed E-state index contributed by atoms with van der Waals surface area (Å²) in [7, 11) is 1.64. The quantitative estimate of drug-likeness (QED) is 0.679. The van der Waals surface area contributed by atoms with Crippen molar-refractivity contribution >= 4 is 23.1 Å². The lowest BCUT2D eigenvalue weighted by Crippen LogP contribution is -2.48. The minimum atomic E-state index is -0.807. The van der Waals surface area contributed by atoms with Gasteiger partial charge in [0.25, 0.3) is 0 Å². The number of amides is 1. The molecule has 0 saturated heterocycles. The van der Waals surface area contributed by atoms with E-state index in [9.17, 15) is 9.90 Å². The number of carbonyl (C=O) groups is 1. The number of hydrogen-bond donors (Lipinski definition) is 2. The fourth-order valence-corrected chi connectivity index (χ4v) is 1.56. The van der Waals surface area contributed by atoms with Gasteiger partial charge < -0.3 is 15.7 Å². The molecular formula is C10H20N2O2S. The zero-order valence-electron chi connectivity index (χ0n) is 9.78. The van der Waals surface area contributed by atoms with Crippen LogP contribution in [-0.4, -0.2) is 40.6 Å². The van der Waals surface area contributed by atoms with Gasteiger partial charge in [-0.25, -0.2) is 0 Å². The van der Waals surface area contributed by atoms with Crippen molar-refractivity contribution in [2.75, 3.05) is 13.6 Å². The van der Waals surface area contributed by atoms with Crippen LogP contribution >= 0.6 is 12.2 Å². The van der Waals surface area contributed by atoms with Crippen molar-refractivity contribution in [1.29, 1.82) is 0 Å². The molecule has 5 heteroatoms. The molecule has 0 bridgehead atoms. The van der Waals surface area contributed by atoms with Crippen LogP contribution in [0.2, 0.25) is 0 Å². The number of hydrogen-bond acceptors (Lipinski definition) is 3. The Kier molecular flexibility index (Phi) is 5.17. The highest BCUT2D eigenvalue weighted by Gasteiger charge is 2.36. The third-order valence-electron chi connectivity index (χ3n) is 2.61. The largest absolute Gasteiger partial charge is 0.392 e. The predicted molar refractivity (Wildman–Crippen MR) is 64.5 cm³/mol. The smallest absolute Gasteiger partial charge is 0.235 e. The summed E-state index contributed by atoms with van der Waals surface area (Å²) >= 11 is 4.91. The minimum Gasteiger partial charge on any atom is -0.392 e. The molecule has 3 N–H and O–H groups in total. The Balaban J connectivity index is 4.73. The molecule has 0 aromatic rings. The third kappa shape index (κ3) is 3.43. The molecule has 2 unspecified atom stereocenters. The Morgan fingerprint density at radius 1 is 1.67 bits per heavy atom. The number of nitrogens with two attached hydrogens (primary N) is 1. The summed E-state index contributed by atoms with van der Waals surface area (Å²) < 4.78 is 0. The van der Waals surface area contributed by atoms with Crippen LogP contribution in [0.5, 0.6) is 0 Å². The van der Waals surface area contributed by atoms with Gasteiger partial charge in [-0.1, -0.05) is 19.1 Å². The monoisotopic (exact) mass is 232 g/mol. The topological polar surface area (TPSA) is 66.6 Å². The molecule has 0 heterocycles. The summed E-state index contributed by atoms with van der Waals surface area (Å²) in [6.07, 6.45) is 0.0112. The lowest BCUT2D eigenvalue weighted by Gasteiger charge is -2.31. The molecule has 0 aliphatic rings. The second kappa shape index (κ2) is 5.42. The van der Waals surface area contributed by atoms with Gasteiger partial charge >= 0.3 is 0 Å². The second-order valence-electron chi connectivity index (χ2n) is 4.08. The van der Waals surface area contributed by atoms with Gasteiger partial charge in [0.1, 0.15) is 0 Å². The molecule has 0 rings (SSSR count). The summed E-state index contributed by atoms with van der Waals surface area (Å²) in [6, 6.07) is 0. The molecule has 0 aliphatic heterocycles. The molecule has 15 heavy (non-hydrogen) atoms. The summed E-state index contributed by atoms with van der Waals surface area (Å²) in [4.78, 5) is 13.7. The minimum absolute atomic E-state index is 0.140. The van der Waals surface area contributed by atoms with Crippen molar-refractivity contribution < 1.29 is 9.90 Å². The Hall–Kier alpha value is -0.680. The number of aliphatic hydroxyl groups is 1. The fourth-order valence-electron chi connectivity index (χ4n) is 1.33. The summed E-state index contributed by atoms with van der Waals surface area (Å²) in [5, 5.41) is 9.19. The molecule has 2 atom stereocenters. The molecule has 0 fully saturated rings. The number of aliphatic hydroxyl groups excluding tert-OH is 1. The number of nitrogens with zero attached hydrogens (tertiary/aromatic N) is 1. The van der Waals surface area contributed by atoms with Crippen molar-refractivity contribution in [3.8, 4) is 0 Å². The molecule has 0 aromatic heterocycles. The maximum Gasteiger partial charge on any atom is 0.235 e. The first-order valence-corrected chi connectivity index (χ1v) is 5.40. The average Bonchev–Trinajstić information content (AvgIpc) is 2.13. The van der Waals surface area contributed by atoms with Gasteiger partial charge in [-0.3, -0.25) is 4.79 Å². The van der Waals surface area contributed by atoms with Crippen molar-refractivity contribution in [2.24, 2.45) is 11.1 Å². The van der Waals surface area contributed by atoms with E-state index in [4.69, 9.17) is 18.0 Å². The van der Waals surface area contributed by atoms with E-state index >= 15 is 0 Å². The van der Waals surface area contributed by atoms with E-state index in [-0.39, 0.29) is 17.4 Å². The third-order valence-corrected chi connectivity index (χ3v) is 3.06. The van der Waals surface area contributed by atoms with Gasteiger partial charge in [-0.2, -0.15) is 0 Å². The van der Waals surface area contributed by atoms with Crippen LogP contribution in [0.15, 0.2) is 0 Å². The van der Waals surface area contributed by atoms with Crippen molar-refractivity contribution in [1.82, 2.24) is 4.90 Å². The highest BCUT2D eigenvalue weighted by atomic mass is 32.1. The van der Waals surface area contributed by atoms with E-state index in [1.807, 2.05) is 6.92 Å². The average molecular weight is 232 g/mol. The molecule has 4 nitrogen and oxygen atoms in total. The predicted octanol–water partition coefficient (Wildman–Crippen LogP) is 0.528. The molecule has 88 valence electrons. The van der Waals surface area contributed by atoms with E-state index in [2.05, 4.69) is 0 Å². The van der Waals surface area contributed by atoms with Crippen LogP contribution in [-0.2, 0) is 4.79 Å². The lowest BCUT2D eigenvalue weighted by atomic mass is 9.86. The second-order valence-corrected chi connectivity index (χ2v) is 4.52. The fraction of sp³-hybridized carbons (Fsp3) is 0.800. The van der Waals surface area contributed by atoms with Crippen molar-refractivity contribution in [2.45, 2.75) is 33.3 Å².